The van der Waals surface area contributed by atoms with Crippen molar-refractivity contribution in [2.24, 2.45) is 0 Å². The lowest BCUT2D eigenvalue weighted by Crippen LogP contribution is -2.44. The van der Waals surface area contributed by atoms with Crippen molar-refractivity contribution in [3.63, 3.8) is 0 Å². The molecule has 0 radical (unpaired) electrons. The minimum absolute atomic E-state index is 0.0418. The average molecular weight is 270 g/mol. The SMILES string of the molecule is CCCCOC(=O)CCN(CC)C1CCN(C)CC1. The van der Waals surface area contributed by atoms with E-state index in [0.717, 1.165) is 25.9 Å². The highest BCUT2D eigenvalue weighted by Crippen LogP contribution is 2.15. The molecule has 0 unspecified atom stereocenters. The van der Waals surface area contributed by atoms with E-state index >= 15 is 0 Å². The summed E-state index contributed by atoms with van der Waals surface area (Å²) in [5.74, 6) is -0.0418. The normalized spacial score (nSPS) is 17.9. The Labute approximate surface area is 118 Å². The van der Waals surface area contributed by atoms with Crippen LogP contribution in [0.2, 0.25) is 0 Å². The first-order chi connectivity index (χ1) is 9.17. The average Bonchev–Trinajstić information content (AvgIpc) is 2.41. The fourth-order valence-electron chi connectivity index (χ4n) is 2.60. The molecule has 1 aliphatic rings. The van der Waals surface area contributed by atoms with Crippen LogP contribution >= 0.6 is 0 Å². The van der Waals surface area contributed by atoms with Gasteiger partial charge in [-0.2, -0.15) is 0 Å². The van der Waals surface area contributed by atoms with E-state index in [1.165, 1.54) is 25.9 Å². The van der Waals surface area contributed by atoms with Crippen molar-refractivity contribution in [2.75, 3.05) is 39.8 Å². The molecule has 0 aliphatic carbocycles. The quantitative estimate of drug-likeness (QED) is 0.500. The van der Waals surface area contributed by atoms with Gasteiger partial charge in [-0.3, -0.25) is 9.69 Å². The second-order valence-electron chi connectivity index (χ2n) is 5.49. The van der Waals surface area contributed by atoms with E-state index in [4.69, 9.17) is 4.74 Å². The second-order valence-corrected chi connectivity index (χ2v) is 5.49. The van der Waals surface area contributed by atoms with Crippen LogP contribution in [-0.2, 0) is 9.53 Å². The molecule has 0 amide bonds. The second kappa shape index (κ2) is 9.32. The zero-order chi connectivity index (χ0) is 14.1. The molecular weight excluding hydrogens is 240 g/mol. The summed E-state index contributed by atoms with van der Waals surface area (Å²) in [7, 11) is 2.18. The third-order valence-electron chi connectivity index (χ3n) is 3.97. The largest absolute Gasteiger partial charge is 0.466 e. The number of hydrogen-bond donors (Lipinski definition) is 0. The van der Waals surface area contributed by atoms with Gasteiger partial charge in [0.05, 0.1) is 13.0 Å². The van der Waals surface area contributed by atoms with Gasteiger partial charge in [0, 0.05) is 12.6 Å². The molecule has 0 atom stereocenters. The summed E-state index contributed by atoms with van der Waals surface area (Å²) in [5.41, 5.74) is 0. The van der Waals surface area contributed by atoms with E-state index in [2.05, 4.69) is 30.7 Å². The Hall–Kier alpha value is -0.610. The predicted molar refractivity (Wildman–Crippen MR) is 78.3 cm³/mol. The fraction of sp³-hybridized carbons (Fsp3) is 0.933. The van der Waals surface area contributed by atoms with Crippen LogP contribution in [0.5, 0.6) is 0 Å². The molecule has 0 spiro atoms. The highest BCUT2D eigenvalue weighted by molar-refractivity contribution is 5.69. The number of likely N-dealkylation sites (tertiary alicyclic amines) is 1. The van der Waals surface area contributed by atoms with Gasteiger partial charge >= 0.3 is 5.97 Å². The molecule has 1 aliphatic heterocycles. The minimum atomic E-state index is -0.0418. The number of unbranched alkanes of at least 4 members (excludes halogenated alkanes) is 1. The van der Waals surface area contributed by atoms with Crippen LogP contribution < -0.4 is 0 Å². The smallest absolute Gasteiger partial charge is 0.307 e. The number of nitrogens with zero attached hydrogens (tertiary/aromatic N) is 2. The fourth-order valence-corrected chi connectivity index (χ4v) is 2.60. The number of rotatable bonds is 8. The molecule has 1 heterocycles. The van der Waals surface area contributed by atoms with E-state index in [1.807, 2.05) is 0 Å². The Bertz CT molecular complexity index is 251. The van der Waals surface area contributed by atoms with Gasteiger partial charge in [-0.05, 0) is 45.9 Å². The number of piperidine rings is 1. The molecule has 0 saturated carbocycles. The molecule has 0 aromatic heterocycles. The Morgan fingerprint density at radius 1 is 1.32 bits per heavy atom. The third-order valence-corrected chi connectivity index (χ3v) is 3.97. The van der Waals surface area contributed by atoms with Crippen molar-refractivity contribution in [3.05, 3.63) is 0 Å². The van der Waals surface area contributed by atoms with Crippen molar-refractivity contribution in [3.8, 4) is 0 Å². The highest BCUT2D eigenvalue weighted by atomic mass is 16.5. The number of carbonyl (C=O) groups excluding carboxylic acids is 1. The molecule has 1 fully saturated rings. The van der Waals surface area contributed by atoms with Crippen LogP contribution in [0, 0.1) is 0 Å². The van der Waals surface area contributed by atoms with E-state index in [9.17, 15) is 4.79 Å². The topological polar surface area (TPSA) is 32.8 Å². The Kier molecular flexibility index (Phi) is 8.07. The predicted octanol–water partition coefficient (Wildman–Crippen LogP) is 2.14. The van der Waals surface area contributed by atoms with Crippen LogP contribution in [0.3, 0.4) is 0 Å². The maximum Gasteiger partial charge on any atom is 0.307 e. The van der Waals surface area contributed by atoms with Gasteiger partial charge in [0.2, 0.25) is 0 Å². The molecule has 0 aromatic rings. The molecule has 1 saturated heterocycles. The summed E-state index contributed by atoms with van der Waals surface area (Å²) < 4.78 is 5.21. The van der Waals surface area contributed by atoms with Crippen LogP contribution in [-0.4, -0.2) is 61.6 Å². The van der Waals surface area contributed by atoms with Gasteiger partial charge in [0.15, 0.2) is 0 Å². The van der Waals surface area contributed by atoms with E-state index < -0.39 is 0 Å². The molecule has 0 bridgehead atoms. The first-order valence-corrected chi connectivity index (χ1v) is 7.75. The van der Waals surface area contributed by atoms with Crippen molar-refractivity contribution < 1.29 is 9.53 Å². The first kappa shape index (κ1) is 16.4. The van der Waals surface area contributed by atoms with Gasteiger partial charge in [0.1, 0.15) is 0 Å². The van der Waals surface area contributed by atoms with Crippen LogP contribution in [0.25, 0.3) is 0 Å². The first-order valence-electron chi connectivity index (χ1n) is 7.75. The lowest BCUT2D eigenvalue weighted by atomic mass is 10.0. The number of ether oxygens (including phenoxy) is 1. The van der Waals surface area contributed by atoms with Crippen molar-refractivity contribution >= 4 is 5.97 Å². The van der Waals surface area contributed by atoms with Gasteiger partial charge in [-0.1, -0.05) is 20.3 Å². The lowest BCUT2D eigenvalue weighted by Gasteiger charge is -2.36. The molecular formula is C15H30N2O2. The Balaban J connectivity index is 2.22. The summed E-state index contributed by atoms with van der Waals surface area (Å²) in [6.45, 7) is 9.07. The zero-order valence-electron chi connectivity index (χ0n) is 12.9. The van der Waals surface area contributed by atoms with Crippen LogP contribution in [0.1, 0.15) is 46.0 Å². The summed E-state index contributed by atoms with van der Waals surface area (Å²) in [4.78, 5) is 16.4. The third kappa shape index (κ3) is 6.39. The molecule has 0 N–H and O–H groups in total. The van der Waals surface area contributed by atoms with E-state index in [-0.39, 0.29) is 5.97 Å². The Morgan fingerprint density at radius 3 is 2.58 bits per heavy atom. The summed E-state index contributed by atoms with van der Waals surface area (Å²) >= 11 is 0. The monoisotopic (exact) mass is 270 g/mol. The number of hydrogen-bond acceptors (Lipinski definition) is 4. The minimum Gasteiger partial charge on any atom is -0.466 e. The number of esters is 1. The summed E-state index contributed by atoms with van der Waals surface area (Å²) in [6, 6.07) is 0.643. The summed E-state index contributed by atoms with van der Waals surface area (Å²) in [6.07, 6.45) is 5.01. The molecule has 19 heavy (non-hydrogen) atoms. The summed E-state index contributed by atoms with van der Waals surface area (Å²) in [5, 5.41) is 0. The van der Waals surface area contributed by atoms with Crippen molar-refractivity contribution in [1.82, 2.24) is 9.80 Å². The Morgan fingerprint density at radius 2 is 2.00 bits per heavy atom. The van der Waals surface area contributed by atoms with Gasteiger partial charge in [-0.15, -0.1) is 0 Å². The zero-order valence-corrected chi connectivity index (χ0v) is 12.9. The van der Waals surface area contributed by atoms with E-state index in [1.54, 1.807) is 0 Å². The molecule has 112 valence electrons. The standard InChI is InChI=1S/C15H30N2O2/c1-4-6-13-19-15(18)9-12-17(5-2)14-7-10-16(3)11-8-14/h14H,4-13H2,1-3H3. The maximum absolute atomic E-state index is 11.6. The maximum atomic E-state index is 11.6. The molecule has 4 nitrogen and oxygen atoms in total. The lowest BCUT2D eigenvalue weighted by molar-refractivity contribution is -0.144. The molecule has 0 aromatic carbocycles. The van der Waals surface area contributed by atoms with Crippen molar-refractivity contribution in [1.29, 1.82) is 0 Å². The molecule has 4 heteroatoms. The van der Waals surface area contributed by atoms with Gasteiger partial charge in [-0.25, -0.2) is 0 Å². The molecule has 1 rings (SSSR count). The highest BCUT2D eigenvalue weighted by Gasteiger charge is 2.22. The van der Waals surface area contributed by atoms with E-state index in [0.29, 0.717) is 19.1 Å². The van der Waals surface area contributed by atoms with Gasteiger partial charge in [0.25, 0.3) is 0 Å². The van der Waals surface area contributed by atoms with Crippen LogP contribution in [0.4, 0.5) is 0 Å². The van der Waals surface area contributed by atoms with Gasteiger partial charge < -0.3 is 9.64 Å². The van der Waals surface area contributed by atoms with Crippen molar-refractivity contribution in [2.45, 2.75) is 52.0 Å². The van der Waals surface area contributed by atoms with Crippen LogP contribution in [0.15, 0.2) is 0 Å². The number of carbonyl (C=O) groups is 1.